The molecule has 1 N–H and O–H groups in total. The van der Waals surface area contributed by atoms with Crippen LogP contribution in [0, 0.1) is 5.82 Å². The van der Waals surface area contributed by atoms with Crippen LogP contribution >= 0.6 is 0 Å². The van der Waals surface area contributed by atoms with E-state index in [0.717, 1.165) is 11.1 Å². The molecule has 4 rings (SSSR count). The summed E-state index contributed by atoms with van der Waals surface area (Å²) in [7, 11) is 0. The molecule has 1 unspecified atom stereocenters. The van der Waals surface area contributed by atoms with E-state index in [2.05, 4.69) is 24.1 Å². The van der Waals surface area contributed by atoms with E-state index in [1.54, 1.807) is 24.0 Å². The van der Waals surface area contributed by atoms with Gasteiger partial charge >= 0.3 is 0 Å². The first kappa shape index (κ1) is 24.9. The van der Waals surface area contributed by atoms with Crippen LogP contribution in [-0.2, 0) is 17.8 Å². The Labute approximate surface area is 206 Å². The first-order chi connectivity index (χ1) is 16.4. The molecule has 2 amide bonds. The number of nitrogens with one attached hydrogen (secondary N) is 1. The van der Waals surface area contributed by atoms with Crippen molar-refractivity contribution in [3.63, 3.8) is 0 Å². The van der Waals surface area contributed by atoms with E-state index in [9.17, 15) is 14.0 Å². The molecule has 0 bridgehead atoms. The molecule has 1 fully saturated rings. The highest BCUT2D eigenvalue weighted by atomic mass is 19.1. The van der Waals surface area contributed by atoms with Crippen molar-refractivity contribution in [3.05, 3.63) is 46.9 Å². The number of hydrogen-bond donors (Lipinski definition) is 1. The smallest absolute Gasteiger partial charge is 0.273 e. The minimum Gasteiger partial charge on any atom is -0.364 e. The summed E-state index contributed by atoms with van der Waals surface area (Å²) in [6.45, 7) is 14.0. The summed E-state index contributed by atoms with van der Waals surface area (Å²) in [5.41, 5.74) is 1.83. The van der Waals surface area contributed by atoms with Gasteiger partial charge in [0.25, 0.3) is 5.91 Å². The SMILES string of the molecule is CC(=O)N1CCN(c2nc(NC(C)(C)Cc3ccc(F)cc3)c3c(n2)C(=O)N(C(C)C)C3)C(C)C1. The number of carbonyl (C=O) groups excluding carboxylic acids is 2. The number of piperazine rings is 1. The normalized spacial score (nSPS) is 18.3. The zero-order valence-electron chi connectivity index (χ0n) is 21.4. The van der Waals surface area contributed by atoms with Gasteiger partial charge in [-0.05, 0) is 58.7 Å². The summed E-state index contributed by atoms with van der Waals surface area (Å²) in [4.78, 5) is 40.5. The Bertz CT molecular complexity index is 1120. The fourth-order valence-electron chi connectivity index (χ4n) is 4.84. The van der Waals surface area contributed by atoms with Crippen LogP contribution in [0.3, 0.4) is 0 Å². The van der Waals surface area contributed by atoms with E-state index in [1.807, 2.05) is 25.7 Å². The van der Waals surface area contributed by atoms with Gasteiger partial charge in [0, 0.05) is 49.7 Å². The summed E-state index contributed by atoms with van der Waals surface area (Å²) in [6.07, 6.45) is 0.650. The molecule has 1 aromatic carbocycles. The Morgan fingerprint density at radius 1 is 1.20 bits per heavy atom. The minimum atomic E-state index is -0.412. The molecule has 2 aromatic rings. The molecule has 8 nitrogen and oxygen atoms in total. The van der Waals surface area contributed by atoms with Gasteiger partial charge in [-0.2, -0.15) is 4.98 Å². The molecule has 1 atom stereocenters. The van der Waals surface area contributed by atoms with Crippen LogP contribution in [0.15, 0.2) is 24.3 Å². The summed E-state index contributed by atoms with van der Waals surface area (Å²) >= 11 is 0. The summed E-state index contributed by atoms with van der Waals surface area (Å²) < 4.78 is 13.4. The molecule has 0 radical (unpaired) electrons. The fraction of sp³-hybridized carbons (Fsp3) is 0.538. The molecule has 1 saturated heterocycles. The van der Waals surface area contributed by atoms with Gasteiger partial charge in [0.15, 0.2) is 0 Å². The molecule has 0 aliphatic carbocycles. The summed E-state index contributed by atoms with van der Waals surface area (Å²) in [6, 6.07) is 6.56. The Kier molecular flexibility index (Phi) is 6.71. The second-order valence-corrected chi connectivity index (χ2v) is 10.5. The molecule has 9 heteroatoms. The van der Waals surface area contributed by atoms with Crippen molar-refractivity contribution in [2.24, 2.45) is 0 Å². The predicted octanol–water partition coefficient (Wildman–Crippen LogP) is 3.47. The van der Waals surface area contributed by atoms with Crippen LogP contribution in [0.5, 0.6) is 0 Å². The molecule has 35 heavy (non-hydrogen) atoms. The Morgan fingerprint density at radius 2 is 1.89 bits per heavy atom. The van der Waals surface area contributed by atoms with E-state index in [1.165, 1.54) is 12.1 Å². The highest BCUT2D eigenvalue weighted by molar-refractivity contribution is 5.98. The maximum Gasteiger partial charge on any atom is 0.273 e. The van der Waals surface area contributed by atoms with Gasteiger partial charge in [0.05, 0.1) is 6.54 Å². The lowest BCUT2D eigenvalue weighted by Crippen LogP contribution is -2.54. The first-order valence-electron chi connectivity index (χ1n) is 12.2. The average molecular weight is 483 g/mol. The first-order valence-corrected chi connectivity index (χ1v) is 12.2. The van der Waals surface area contributed by atoms with Crippen molar-refractivity contribution in [2.45, 2.75) is 72.1 Å². The molecular weight excluding hydrogens is 447 g/mol. The number of carbonyl (C=O) groups is 2. The van der Waals surface area contributed by atoms with Crippen molar-refractivity contribution in [3.8, 4) is 0 Å². The lowest BCUT2D eigenvalue weighted by molar-refractivity contribution is -0.129. The number of rotatable bonds is 6. The molecule has 1 aromatic heterocycles. The minimum absolute atomic E-state index is 0.0171. The monoisotopic (exact) mass is 482 g/mol. The Hall–Kier alpha value is -3.23. The van der Waals surface area contributed by atoms with E-state index >= 15 is 0 Å². The number of fused-ring (bicyclic) bond motifs is 1. The van der Waals surface area contributed by atoms with E-state index in [-0.39, 0.29) is 29.7 Å². The maximum atomic E-state index is 13.4. The average Bonchev–Trinajstić information content (AvgIpc) is 3.12. The van der Waals surface area contributed by atoms with Crippen molar-refractivity contribution >= 4 is 23.6 Å². The maximum absolute atomic E-state index is 13.4. The number of anilines is 2. The van der Waals surface area contributed by atoms with Crippen molar-refractivity contribution < 1.29 is 14.0 Å². The summed E-state index contributed by atoms with van der Waals surface area (Å²) in [5.74, 6) is 0.851. The molecule has 0 saturated carbocycles. The van der Waals surface area contributed by atoms with Crippen molar-refractivity contribution in [2.75, 3.05) is 29.9 Å². The second kappa shape index (κ2) is 9.43. The third-order valence-electron chi connectivity index (χ3n) is 6.76. The molecule has 3 heterocycles. The summed E-state index contributed by atoms with van der Waals surface area (Å²) in [5, 5.41) is 3.57. The van der Waals surface area contributed by atoms with Crippen LogP contribution in [0.25, 0.3) is 0 Å². The zero-order valence-corrected chi connectivity index (χ0v) is 21.4. The quantitative estimate of drug-likeness (QED) is 0.679. The number of hydrogen-bond acceptors (Lipinski definition) is 6. The van der Waals surface area contributed by atoms with Gasteiger partial charge in [-0.1, -0.05) is 12.1 Å². The van der Waals surface area contributed by atoms with E-state index < -0.39 is 5.54 Å². The lowest BCUT2D eigenvalue weighted by atomic mass is 9.94. The topological polar surface area (TPSA) is 81.7 Å². The van der Waals surface area contributed by atoms with Gasteiger partial charge in [-0.3, -0.25) is 9.59 Å². The fourth-order valence-corrected chi connectivity index (χ4v) is 4.84. The Balaban J connectivity index is 1.67. The molecule has 0 spiro atoms. The van der Waals surface area contributed by atoms with Crippen molar-refractivity contribution in [1.29, 1.82) is 0 Å². The van der Waals surface area contributed by atoms with Crippen molar-refractivity contribution in [1.82, 2.24) is 19.8 Å². The van der Waals surface area contributed by atoms with Gasteiger partial charge in [0.1, 0.15) is 17.3 Å². The van der Waals surface area contributed by atoms with Crippen LogP contribution in [0.4, 0.5) is 16.2 Å². The third kappa shape index (κ3) is 5.23. The number of halogens is 1. The largest absolute Gasteiger partial charge is 0.364 e. The van der Waals surface area contributed by atoms with Crippen LogP contribution in [-0.4, -0.2) is 68.8 Å². The van der Waals surface area contributed by atoms with Gasteiger partial charge < -0.3 is 20.0 Å². The van der Waals surface area contributed by atoms with E-state index in [4.69, 9.17) is 9.97 Å². The lowest BCUT2D eigenvalue weighted by Gasteiger charge is -2.39. The highest BCUT2D eigenvalue weighted by Crippen LogP contribution is 2.33. The molecular formula is C26H35FN6O2. The highest BCUT2D eigenvalue weighted by Gasteiger charge is 2.37. The second-order valence-electron chi connectivity index (χ2n) is 10.5. The van der Waals surface area contributed by atoms with E-state index in [0.29, 0.717) is 50.1 Å². The van der Waals surface area contributed by atoms with Crippen LogP contribution in [0.2, 0.25) is 0 Å². The standard InChI is InChI=1S/C26H35FN6O2/c1-16(2)33-15-21-22(24(33)35)28-25(32-12-11-31(18(4)34)14-17(32)3)29-23(21)30-26(5,6)13-19-7-9-20(27)10-8-19/h7-10,16-17H,11-15H2,1-6H3,(H,28,29,30). The number of nitrogens with zero attached hydrogens (tertiary/aromatic N) is 5. The molecule has 188 valence electrons. The predicted molar refractivity (Wildman–Crippen MR) is 134 cm³/mol. The van der Waals surface area contributed by atoms with Gasteiger partial charge in [0.2, 0.25) is 11.9 Å². The van der Waals surface area contributed by atoms with Gasteiger partial charge in [-0.25, -0.2) is 9.37 Å². The number of benzene rings is 1. The number of aromatic nitrogens is 2. The zero-order chi connectivity index (χ0) is 25.5. The molecule has 2 aliphatic rings. The molecule has 2 aliphatic heterocycles. The Morgan fingerprint density at radius 3 is 2.49 bits per heavy atom. The van der Waals surface area contributed by atoms with Crippen LogP contribution in [0.1, 0.15) is 63.2 Å². The third-order valence-corrected chi connectivity index (χ3v) is 6.76. The van der Waals surface area contributed by atoms with Crippen LogP contribution < -0.4 is 10.2 Å². The van der Waals surface area contributed by atoms with Gasteiger partial charge in [-0.15, -0.1) is 0 Å². The number of amides is 2.